The number of aliphatic hydroxyl groups is 1. The lowest BCUT2D eigenvalue weighted by Crippen LogP contribution is -2.50. The lowest BCUT2D eigenvalue weighted by Gasteiger charge is -2.39. The Hall–Kier alpha value is -0.120. The molecule has 1 saturated carbocycles. The van der Waals surface area contributed by atoms with E-state index in [-0.39, 0.29) is 0 Å². The molecule has 2 N–H and O–H groups in total. The van der Waals surface area contributed by atoms with Crippen molar-refractivity contribution in [3.05, 3.63) is 0 Å². The van der Waals surface area contributed by atoms with Crippen LogP contribution in [0.4, 0.5) is 0 Å². The van der Waals surface area contributed by atoms with Gasteiger partial charge in [0.1, 0.15) is 0 Å². The fourth-order valence-corrected chi connectivity index (χ4v) is 3.46. The van der Waals surface area contributed by atoms with E-state index in [0.29, 0.717) is 19.3 Å². The van der Waals surface area contributed by atoms with Crippen molar-refractivity contribution in [3.63, 3.8) is 0 Å². The Morgan fingerprint density at radius 1 is 1.22 bits per heavy atom. The molecule has 1 saturated heterocycles. The summed E-state index contributed by atoms with van der Waals surface area (Å²) >= 11 is 0. The zero-order valence-electron chi connectivity index (χ0n) is 12.0. The fraction of sp³-hybridized carbons (Fsp3) is 1.00. The number of nitrogens with one attached hydrogen (secondary N) is 1. The molecule has 1 aliphatic carbocycles. The highest BCUT2D eigenvalue weighted by Crippen LogP contribution is 2.31. The summed E-state index contributed by atoms with van der Waals surface area (Å²) in [5, 5.41) is 14.1. The minimum absolute atomic E-state index is 0.531. The molecule has 0 aromatic carbocycles. The van der Waals surface area contributed by atoms with Gasteiger partial charge in [-0.1, -0.05) is 26.7 Å². The van der Waals surface area contributed by atoms with E-state index in [9.17, 15) is 5.11 Å². The van der Waals surface area contributed by atoms with Crippen molar-refractivity contribution in [2.45, 2.75) is 64.0 Å². The Morgan fingerprint density at radius 3 is 2.56 bits per heavy atom. The highest BCUT2D eigenvalue weighted by atomic mass is 16.5. The second-order valence-electron chi connectivity index (χ2n) is 6.52. The van der Waals surface area contributed by atoms with E-state index in [4.69, 9.17) is 4.74 Å². The molecular formula is C15H29NO2. The molecule has 106 valence electrons. The topological polar surface area (TPSA) is 41.5 Å². The third-order valence-corrected chi connectivity index (χ3v) is 4.79. The maximum absolute atomic E-state index is 10.5. The van der Waals surface area contributed by atoms with Crippen molar-refractivity contribution >= 4 is 0 Å². The third kappa shape index (κ3) is 3.69. The van der Waals surface area contributed by atoms with Crippen LogP contribution < -0.4 is 5.32 Å². The van der Waals surface area contributed by atoms with Crippen molar-refractivity contribution in [2.75, 3.05) is 19.8 Å². The number of ether oxygens (including phenoxy) is 1. The Labute approximate surface area is 111 Å². The average Bonchev–Trinajstić information content (AvgIpc) is 2.38. The summed E-state index contributed by atoms with van der Waals surface area (Å²) in [6.45, 7) is 6.80. The van der Waals surface area contributed by atoms with Gasteiger partial charge in [0.15, 0.2) is 0 Å². The summed E-state index contributed by atoms with van der Waals surface area (Å²) in [7, 11) is 0. The summed E-state index contributed by atoms with van der Waals surface area (Å²) in [4.78, 5) is 0. The van der Waals surface area contributed by atoms with E-state index in [1.54, 1.807) is 0 Å². The van der Waals surface area contributed by atoms with Crippen LogP contribution in [0, 0.1) is 11.8 Å². The van der Waals surface area contributed by atoms with Gasteiger partial charge in [-0.05, 0) is 24.7 Å². The molecule has 0 radical (unpaired) electrons. The monoisotopic (exact) mass is 255 g/mol. The molecule has 2 rings (SSSR count). The molecular weight excluding hydrogens is 226 g/mol. The lowest BCUT2D eigenvalue weighted by atomic mass is 9.77. The Balaban J connectivity index is 1.83. The first kappa shape index (κ1) is 14.3. The van der Waals surface area contributed by atoms with Crippen LogP contribution in [0.2, 0.25) is 0 Å². The molecule has 18 heavy (non-hydrogen) atoms. The third-order valence-electron chi connectivity index (χ3n) is 4.79. The quantitative estimate of drug-likeness (QED) is 0.810. The molecule has 1 aliphatic heterocycles. The van der Waals surface area contributed by atoms with Gasteiger partial charge < -0.3 is 15.2 Å². The molecule has 0 amide bonds. The molecule has 2 fully saturated rings. The SMILES string of the molecule is CC(C)C1CCCCC1NCC1(O)CCOCC1. The smallest absolute Gasteiger partial charge is 0.0815 e. The highest BCUT2D eigenvalue weighted by molar-refractivity contribution is 4.88. The standard InChI is InChI=1S/C15H29NO2/c1-12(2)13-5-3-4-6-14(13)16-11-15(17)7-9-18-10-8-15/h12-14,16-17H,3-11H2,1-2H3. The van der Waals surface area contributed by atoms with E-state index < -0.39 is 5.60 Å². The van der Waals surface area contributed by atoms with Crippen LogP contribution in [-0.2, 0) is 4.74 Å². The minimum Gasteiger partial charge on any atom is -0.388 e. The van der Waals surface area contributed by atoms with Gasteiger partial charge in [-0.15, -0.1) is 0 Å². The van der Waals surface area contributed by atoms with Crippen molar-refractivity contribution in [2.24, 2.45) is 11.8 Å². The zero-order valence-corrected chi connectivity index (χ0v) is 12.0. The minimum atomic E-state index is -0.531. The number of hydrogen-bond donors (Lipinski definition) is 2. The van der Waals surface area contributed by atoms with Crippen molar-refractivity contribution in [3.8, 4) is 0 Å². The first-order chi connectivity index (χ1) is 8.61. The molecule has 0 bridgehead atoms. The molecule has 0 spiro atoms. The van der Waals surface area contributed by atoms with Gasteiger partial charge in [-0.3, -0.25) is 0 Å². The Bertz CT molecular complexity index is 249. The van der Waals surface area contributed by atoms with Crippen LogP contribution in [0.5, 0.6) is 0 Å². The number of hydrogen-bond acceptors (Lipinski definition) is 3. The largest absolute Gasteiger partial charge is 0.388 e. The van der Waals surface area contributed by atoms with Gasteiger partial charge in [-0.25, -0.2) is 0 Å². The molecule has 3 nitrogen and oxygen atoms in total. The lowest BCUT2D eigenvalue weighted by molar-refractivity contribution is -0.0644. The first-order valence-electron chi connectivity index (χ1n) is 7.64. The number of rotatable bonds is 4. The van der Waals surface area contributed by atoms with Gasteiger partial charge in [-0.2, -0.15) is 0 Å². The van der Waals surface area contributed by atoms with E-state index in [2.05, 4.69) is 19.2 Å². The summed E-state index contributed by atoms with van der Waals surface area (Å²) in [6, 6.07) is 0.602. The predicted octanol–water partition coefficient (Wildman–Crippen LogP) is 2.33. The molecule has 2 atom stereocenters. The van der Waals surface area contributed by atoms with Crippen LogP contribution in [0.1, 0.15) is 52.4 Å². The summed E-state index contributed by atoms with van der Waals surface area (Å²) in [6.07, 6.45) is 6.88. The second kappa shape index (κ2) is 6.36. The highest BCUT2D eigenvalue weighted by Gasteiger charge is 2.33. The molecule has 2 unspecified atom stereocenters. The molecule has 0 aromatic rings. The van der Waals surface area contributed by atoms with Crippen molar-refractivity contribution in [1.29, 1.82) is 0 Å². The van der Waals surface area contributed by atoms with Crippen LogP contribution >= 0.6 is 0 Å². The van der Waals surface area contributed by atoms with Gasteiger partial charge >= 0.3 is 0 Å². The molecule has 3 heteroatoms. The first-order valence-corrected chi connectivity index (χ1v) is 7.64. The van der Waals surface area contributed by atoms with Crippen LogP contribution in [0.25, 0.3) is 0 Å². The second-order valence-corrected chi connectivity index (χ2v) is 6.52. The maximum Gasteiger partial charge on any atom is 0.0815 e. The van der Waals surface area contributed by atoms with Gasteiger partial charge in [0, 0.05) is 38.6 Å². The maximum atomic E-state index is 10.5. The van der Waals surface area contributed by atoms with Crippen LogP contribution in [-0.4, -0.2) is 36.5 Å². The zero-order chi connectivity index (χ0) is 13.0. The molecule has 1 heterocycles. The Kier molecular flexibility index (Phi) is 5.05. The van der Waals surface area contributed by atoms with Crippen molar-refractivity contribution < 1.29 is 9.84 Å². The summed E-state index contributed by atoms with van der Waals surface area (Å²) in [5.41, 5.74) is -0.531. The molecule has 2 aliphatic rings. The normalized spacial score (nSPS) is 32.7. The predicted molar refractivity (Wildman–Crippen MR) is 73.6 cm³/mol. The van der Waals surface area contributed by atoms with E-state index in [1.807, 2.05) is 0 Å². The Morgan fingerprint density at radius 2 is 1.89 bits per heavy atom. The average molecular weight is 255 g/mol. The summed E-state index contributed by atoms with van der Waals surface area (Å²) in [5.74, 6) is 1.52. The summed E-state index contributed by atoms with van der Waals surface area (Å²) < 4.78 is 5.33. The van der Waals surface area contributed by atoms with E-state index in [1.165, 1.54) is 25.7 Å². The van der Waals surface area contributed by atoms with Crippen LogP contribution in [0.3, 0.4) is 0 Å². The van der Waals surface area contributed by atoms with Crippen molar-refractivity contribution in [1.82, 2.24) is 5.32 Å². The molecule has 0 aromatic heterocycles. The van der Waals surface area contributed by atoms with Gasteiger partial charge in [0.25, 0.3) is 0 Å². The fourth-order valence-electron chi connectivity index (χ4n) is 3.46. The van der Waals surface area contributed by atoms with E-state index in [0.717, 1.165) is 31.2 Å². The van der Waals surface area contributed by atoms with Gasteiger partial charge in [0.2, 0.25) is 0 Å². The van der Waals surface area contributed by atoms with Gasteiger partial charge in [0.05, 0.1) is 5.60 Å². The van der Waals surface area contributed by atoms with E-state index >= 15 is 0 Å². The van der Waals surface area contributed by atoms with Crippen LogP contribution in [0.15, 0.2) is 0 Å².